The maximum atomic E-state index is 3.66. The van der Waals surface area contributed by atoms with E-state index in [1.807, 2.05) is 0 Å². The fourth-order valence-corrected chi connectivity index (χ4v) is 4.34. The molecule has 2 saturated carbocycles. The van der Waals surface area contributed by atoms with E-state index in [0.717, 1.165) is 18.4 Å². The van der Waals surface area contributed by atoms with Crippen molar-refractivity contribution in [3.63, 3.8) is 0 Å². The molecule has 0 bridgehead atoms. The lowest BCUT2D eigenvalue weighted by Gasteiger charge is -2.44. The fourth-order valence-electron chi connectivity index (χ4n) is 4.34. The molecule has 0 aromatic heterocycles. The number of nitrogens with zero attached hydrogens (tertiary/aromatic N) is 1. The van der Waals surface area contributed by atoms with Gasteiger partial charge < -0.3 is 10.2 Å². The summed E-state index contributed by atoms with van der Waals surface area (Å²) in [4.78, 5) is 2.76. The van der Waals surface area contributed by atoms with E-state index >= 15 is 0 Å². The van der Waals surface area contributed by atoms with Crippen molar-refractivity contribution in [3.8, 4) is 0 Å². The van der Waals surface area contributed by atoms with Crippen molar-refractivity contribution in [1.82, 2.24) is 10.2 Å². The van der Waals surface area contributed by atoms with E-state index in [1.165, 1.54) is 71.1 Å². The molecule has 2 rings (SSSR count). The van der Waals surface area contributed by atoms with Crippen LogP contribution in [0.3, 0.4) is 0 Å². The van der Waals surface area contributed by atoms with Gasteiger partial charge in [-0.3, -0.25) is 0 Å². The van der Waals surface area contributed by atoms with E-state index in [9.17, 15) is 0 Å². The molecule has 2 nitrogen and oxygen atoms in total. The zero-order chi connectivity index (χ0) is 14.4. The summed E-state index contributed by atoms with van der Waals surface area (Å²) in [5.41, 5.74) is 0.549. The smallest absolute Gasteiger partial charge is 0.00502 e. The highest BCUT2D eigenvalue weighted by atomic mass is 15.1. The van der Waals surface area contributed by atoms with E-state index in [0.29, 0.717) is 5.41 Å². The molecule has 0 amide bonds. The highest BCUT2D eigenvalue weighted by molar-refractivity contribution is 4.90. The van der Waals surface area contributed by atoms with E-state index in [-0.39, 0.29) is 0 Å². The van der Waals surface area contributed by atoms with Crippen LogP contribution in [0.4, 0.5) is 0 Å². The highest BCUT2D eigenvalue weighted by Crippen LogP contribution is 2.40. The Bertz CT molecular complexity index is 275. The lowest BCUT2D eigenvalue weighted by atomic mass is 9.69. The lowest BCUT2D eigenvalue weighted by molar-refractivity contribution is 0.0661. The van der Waals surface area contributed by atoms with Gasteiger partial charge in [0, 0.05) is 19.6 Å². The Balaban J connectivity index is 1.93. The van der Waals surface area contributed by atoms with E-state index < -0.39 is 0 Å². The van der Waals surface area contributed by atoms with Gasteiger partial charge in [0.05, 0.1) is 0 Å². The second-order valence-corrected chi connectivity index (χ2v) is 7.61. The van der Waals surface area contributed by atoms with Crippen LogP contribution < -0.4 is 5.32 Å². The van der Waals surface area contributed by atoms with Crippen molar-refractivity contribution in [2.45, 2.75) is 65.7 Å². The molecule has 2 fully saturated rings. The predicted octanol–water partition coefficient (Wildman–Crippen LogP) is 3.91. The van der Waals surface area contributed by atoms with Gasteiger partial charge in [0.1, 0.15) is 0 Å². The third kappa shape index (κ3) is 4.46. The summed E-state index contributed by atoms with van der Waals surface area (Å²) in [5, 5.41) is 3.66. The number of hydrogen-bond donors (Lipinski definition) is 1. The van der Waals surface area contributed by atoms with Crippen LogP contribution in [0.2, 0.25) is 0 Å². The topological polar surface area (TPSA) is 15.3 Å². The van der Waals surface area contributed by atoms with E-state index in [2.05, 4.69) is 31.0 Å². The van der Waals surface area contributed by atoms with Gasteiger partial charge in [0.25, 0.3) is 0 Å². The quantitative estimate of drug-likeness (QED) is 0.725. The van der Waals surface area contributed by atoms with Gasteiger partial charge in [0.2, 0.25) is 0 Å². The van der Waals surface area contributed by atoms with Crippen LogP contribution in [0.1, 0.15) is 65.7 Å². The van der Waals surface area contributed by atoms with Gasteiger partial charge in [-0.1, -0.05) is 40.0 Å². The van der Waals surface area contributed by atoms with Gasteiger partial charge in [-0.25, -0.2) is 0 Å². The fraction of sp³-hybridized carbons (Fsp3) is 1.00. The van der Waals surface area contributed by atoms with Gasteiger partial charge in [-0.05, 0) is 56.0 Å². The van der Waals surface area contributed by atoms with Crippen LogP contribution in [0.25, 0.3) is 0 Å². The highest BCUT2D eigenvalue weighted by Gasteiger charge is 2.36. The van der Waals surface area contributed by atoms with Crippen molar-refractivity contribution in [2.24, 2.45) is 17.3 Å². The Morgan fingerprint density at radius 3 is 2.50 bits per heavy atom. The Hall–Kier alpha value is -0.0800. The van der Waals surface area contributed by atoms with Gasteiger partial charge in [-0.2, -0.15) is 0 Å². The summed E-state index contributed by atoms with van der Waals surface area (Å²) in [5.74, 6) is 1.93. The summed E-state index contributed by atoms with van der Waals surface area (Å²) in [6, 6.07) is 0. The Morgan fingerprint density at radius 1 is 1.15 bits per heavy atom. The molecule has 0 aromatic rings. The molecule has 0 aliphatic heterocycles. The number of rotatable bonds is 8. The largest absolute Gasteiger partial charge is 0.316 e. The summed E-state index contributed by atoms with van der Waals surface area (Å²) >= 11 is 0. The second kappa shape index (κ2) is 7.79. The first-order valence-electron chi connectivity index (χ1n) is 9.10. The number of hydrogen-bond acceptors (Lipinski definition) is 2. The summed E-state index contributed by atoms with van der Waals surface area (Å²) in [7, 11) is 0. The number of nitrogens with one attached hydrogen (secondary N) is 1. The van der Waals surface area contributed by atoms with Crippen LogP contribution in [-0.4, -0.2) is 37.6 Å². The Labute approximate surface area is 126 Å². The van der Waals surface area contributed by atoms with Crippen molar-refractivity contribution in [3.05, 3.63) is 0 Å². The molecule has 0 aromatic carbocycles. The maximum absolute atomic E-state index is 3.66. The van der Waals surface area contributed by atoms with Crippen molar-refractivity contribution in [2.75, 3.05) is 32.7 Å². The van der Waals surface area contributed by atoms with Crippen LogP contribution in [0, 0.1) is 17.3 Å². The SMILES string of the molecule is CCNCC1(CN(CC)CC2CCC2)CCCC(C)C1. The van der Waals surface area contributed by atoms with E-state index in [4.69, 9.17) is 0 Å². The minimum Gasteiger partial charge on any atom is -0.316 e. The van der Waals surface area contributed by atoms with Crippen LogP contribution >= 0.6 is 0 Å². The average Bonchev–Trinajstić information content (AvgIpc) is 2.39. The van der Waals surface area contributed by atoms with E-state index in [1.54, 1.807) is 0 Å². The molecule has 1 N–H and O–H groups in total. The first-order chi connectivity index (χ1) is 9.67. The van der Waals surface area contributed by atoms with Crippen molar-refractivity contribution < 1.29 is 0 Å². The zero-order valence-corrected chi connectivity index (χ0v) is 14.1. The van der Waals surface area contributed by atoms with Crippen molar-refractivity contribution >= 4 is 0 Å². The maximum Gasteiger partial charge on any atom is 0.00502 e. The van der Waals surface area contributed by atoms with Crippen molar-refractivity contribution in [1.29, 1.82) is 0 Å². The Morgan fingerprint density at radius 2 is 1.95 bits per heavy atom. The van der Waals surface area contributed by atoms with Gasteiger partial charge in [-0.15, -0.1) is 0 Å². The minimum atomic E-state index is 0.549. The molecule has 2 aliphatic rings. The van der Waals surface area contributed by atoms with Crippen LogP contribution in [-0.2, 0) is 0 Å². The molecule has 0 spiro atoms. The second-order valence-electron chi connectivity index (χ2n) is 7.61. The molecular weight excluding hydrogens is 244 g/mol. The molecule has 0 saturated heterocycles. The zero-order valence-electron chi connectivity index (χ0n) is 14.1. The third-order valence-electron chi connectivity index (χ3n) is 5.68. The van der Waals surface area contributed by atoms with Crippen LogP contribution in [0.5, 0.6) is 0 Å². The minimum absolute atomic E-state index is 0.549. The molecular formula is C18H36N2. The molecule has 2 unspecified atom stereocenters. The molecule has 20 heavy (non-hydrogen) atoms. The third-order valence-corrected chi connectivity index (χ3v) is 5.68. The summed E-state index contributed by atoms with van der Waals surface area (Å²) in [6.45, 7) is 13.3. The molecule has 2 heteroatoms. The summed E-state index contributed by atoms with van der Waals surface area (Å²) in [6.07, 6.45) is 10.2. The normalized spacial score (nSPS) is 31.5. The first-order valence-corrected chi connectivity index (χ1v) is 9.10. The standard InChI is InChI=1S/C18H36N2/c1-4-19-14-18(11-7-8-16(3)12-18)15-20(5-2)13-17-9-6-10-17/h16-17,19H,4-15H2,1-3H3. The average molecular weight is 280 g/mol. The molecule has 2 atom stereocenters. The molecule has 118 valence electrons. The van der Waals surface area contributed by atoms with Gasteiger partial charge >= 0.3 is 0 Å². The van der Waals surface area contributed by atoms with Gasteiger partial charge in [0.15, 0.2) is 0 Å². The predicted molar refractivity (Wildman–Crippen MR) is 88.1 cm³/mol. The summed E-state index contributed by atoms with van der Waals surface area (Å²) < 4.78 is 0. The van der Waals surface area contributed by atoms with Crippen LogP contribution in [0.15, 0.2) is 0 Å². The lowest BCUT2D eigenvalue weighted by Crippen LogP contribution is -2.48. The Kier molecular flexibility index (Phi) is 6.35. The first kappa shape index (κ1) is 16.3. The molecule has 0 heterocycles. The molecule has 2 aliphatic carbocycles. The monoisotopic (exact) mass is 280 g/mol. The molecule has 0 radical (unpaired) electrons.